The maximum absolute atomic E-state index is 13.0. The zero-order chi connectivity index (χ0) is 18.7. The highest BCUT2D eigenvalue weighted by atomic mass is 32.1. The molecule has 3 aromatic rings. The summed E-state index contributed by atoms with van der Waals surface area (Å²) in [7, 11) is 0. The molecule has 0 saturated carbocycles. The van der Waals surface area contributed by atoms with Gasteiger partial charge < -0.3 is 0 Å². The van der Waals surface area contributed by atoms with Crippen molar-refractivity contribution in [2.24, 2.45) is 0 Å². The largest absolute Gasteiger partial charge is 0.279 e. The summed E-state index contributed by atoms with van der Waals surface area (Å²) < 4.78 is 13.0. The van der Waals surface area contributed by atoms with E-state index in [1.165, 1.54) is 23.5 Å². The first-order valence-electron chi connectivity index (χ1n) is 7.98. The monoisotopic (exact) mass is 368 g/mol. The average molecular weight is 368 g/mol. The Morgan fingerprint density at radius 2 is 1.58 bits per heavy atom. The SMILES string of the molecule is Cc1cccc(C(=O)NNC(=O)c2ccc(-c3ccc(F)cc3)s2)c1C. The fourth-order valence-electron chi connectivity index (χ4n) is 2.47. The molecule has 0 aliphatic carbocycles. The van der Waals surface area contributed by atoms with Crippen molar-refractivity contribution < 1.29 is 14.0 Å². The molecular weight excluding hydrogens is 351 g/mol. The molecule has 4 nitrogen and oxygen atoms in total. The van der Waals surface area contributed by atoms with Gasteiger partial charge in [-0.25, -0.2) is 4.39 Å². The zero-order valence-corrected chi connectivity index (χ0v) is 15.1. The van der Waals surface area contributed by atoms with Crippen molar-refractivity contribution in [2.75, 3.05) is 0 Å². The zero-order valence-electron chi connectivity index (χ0n) is 14.3. The van der Waals surface area contributed by atoms with Crippen LogP contribution in [0.15, 0.2) is 54.6 Å². The highest BCUT2D eigenvalue weighted by molar-refractivity contribution is 7.17. The smallest absolute Gasteiger partial charge is 0.267 e. The molecule has 132 valence electrons. The summed E-state index contributed by atoms with van der Waals surface area (Å²) in [6.07, 6.45) is 0. The highest BCUT2D eigenvalue weighted by Gasteiger charge is 2.14. The lowest BCUT2D eigenvalue weighted by Crippen LogP contribution is -2.41. The molecule has 2 amide bonds. The third-order valence-electron chi connectivity index (χ3n) is 4.10. The Hall–Kier alpha value is -2.99. The predicted molar refractivity (Wildman–Crippen MR) is 101 cm³/mol. The molecule has 0 fully saturated rings. The van der Waals surface area contributed by atoms with Gasteiger partial charge in [-0.2, -0.15) is 0 Å². The predicted octanol–water partition coefficient (Wildman–Crippen LogP) is 4.25. The summed E-state index contributed by atoms with van der Waals surface area (Å²) in [4.78, 5) is 25.8. The van der Waals surface area contributed by atoms with Crippen LogP contribution in [0.1, 0.15) is 31.2 Å². The van der Waals surface area contributed by atoms with E-state index >= 15 is 0 Å². The molecule has 2 aromatic carbocycles. The molecule has 0 saturated heterocycles. The van der Waals surface area contributed by atoms with Gasteiger partial charge >= 0.3 is 0 Å². The number of halogens is 1. The van der Waals surface area contributed by atoms with Crippen molar-refractivity contribution in [3.05, 3.63) is 82.0 Å². The fraction of sp³-hybridized carbons (Fsp3) is 0.100. The van der Waals surface area contributed by atoms with E-state index in [0.717, 1.165) is 21.6 Å². The second kappa shape index (κ2) is 7.49. The molecule has 26 heavy (non-hydrogen) atoms. The minimum absolute atomic E-state index is 0.308. The summed E-state index contributed by atoms with van der Waals surface area (Å²) in [5.74, 6) is -1.07. The van der Waals surface area contributed by atoms with Crippen LogP contribution in [0.3, 0.4) is 0 Å². The van der Waals surface area contributed by atoms with Crippen LogP contribution in [0.25, 0.3) is 10.4 Å². The Bertz CT molecular complexity index is 964. The quantitative estimate of drug-likeness (QED) is 0.679. The van der Waals surface area contributed by atoms with E-state index in [1.54, 1.807) is 36.4 Å². The van der Waals surface area contributed by atoms with Crippen LogP contribution < -0.4 is 10.9 Å². The standard InChI is InChI=1S/C20H17FN2O2S/c1-12-4-3-5-16(13(12)2)19(24)22-23-20(25)18-11-10-17(26-18)14-6-8-15(21)9-7-14/h3-11H,1-2H3,(H,22,24)(H,23,25). The number of amides is 2. The van der Waals surface area contributed by atoms with Crippen LogP contribution in [0.2, 0.25) is 0 Å². The number of hydrogen-bond donors (Lipinski definition) is 2. The number of thiophene rings is 1. The third kappa shape index (κ3) is 3.81. The molecule has 1 aromatic heterocycles. The molecule has 0 aliphatic rings. The van der Waals surface area contributed by atoms with Crippen LogP contribution in [-0.2, 0) is 0 Å². The molecular formula is C20H17FN2O2S. The van der Waals surface area contributed by atoms with Crippen LogP contribution in [-0.4, -0.2) is 11.8 Å². The number of aryl methyl sites for hydroxylation is 1. The third-order valence-corrected chi connectivity index (χ3v) is 5.23. The minimum Gasteiger partial charge on any atom is -0.267 e. The number of nitrogens with one attached hydrogen (secondary N) is 2. The first-order valence-corrected chi connectivity index (χ1v) is 8.80. The van der Waals surface area contributed by atoms with E-state index in [4.69, 9.17) is 0 Å². The van der Waals surface area contributed by atoms with Gasteiger partial charge in [0.15, 0.2) is 0 Å². The van der Waals surface area contributed by atoms with Crippen molar-refractivity contribution >= 4 is 23.2 Å². The minimum atomic E-state index is -0.401. The molecule has 0 bridgehead atoms. The Balaban J connectivity index is 1.66. The van der Waals surface area contributed by atoms with Gasteiger partial charge in [0.05, 0.1) is 4.88 Å². The van der Waals surface area contributed by atoms with Crippen LogP contribution in [0.4, 0.5) is 4.39 Å². The number of hydrazine groups is 1. The van der Waals surface area contributed by atoms with E-state index in [9.17, 15) is 14.0 Å². The van der Waals surface area contributed by atoms with Gasteiger partial charge in [0, 0.05) is 10.4 Å². The van der Waals surface area contributed by atoms with E-state index in [2.05, 4.69) is 10.9 Å². The van der Waals surface area contributed by atoms with Crippen molar-refractivity contribution in [3.63, 3.8) is 0 Å². The van der Waals surface area contributed by atoms with Gasteiger partial charge in [-0.15, -0.1) is 11.3 Å². The van der Waals surface area contributed by atoms with Crippen LogP contribution >= 0.6 is 11.3 Å². The molecule has 1 heterocycles. The van der Waals surface area contributed by atoms with Crippen molar-refractivity contribution in [1.29, 1.82) is 0 Å². The van der Waals surface area contributed by atoms with Crippen LogP contribution in [0, 0.1) is 19.7 Å². The van der Waals surface area contributed by atoms with Crippen molar-refractivity contribution in [3.8, 4) is 10.4 Å². The second-order valence-electron chi connectivity index (χ2n) is 5.83. The molecule has 0 unspecified atom stereocenters. The summed E-state index contributed by atoms with van der Waals surface area (Å²) in [5.41, 5.74) is 8.09. The number of carbonyl (C=O) groups excluding carboxylic acids is 2. The average Bonchev–Trinajstić information content (AvgIpc) is 3.12. The summed E-state index contributed by atoms with van der Waals surface area (Å²) in [6, 6.07) is 15.0. The maximum Gasteiger partial charge on any atom is 0.279 e. The van der Waals surface area contributed by atoms with Gasteiger partial charge in [0.2, 0.25) is 0 Å². The molecule has 0 atom stereocenters. The van der Waals surface area contributed by atoms with Gasteiger partial charge in [0.25, 0.3) is 11.8 Å². The van der Waals surface area contributed by atoms with E-state index < -0.39 is 5.91 Å². The summed E-state index contributed by atoms with van der Waals surface area (Å²) in [6.45, 7) is 3.79. The number of benzene rings is 2. The Labute approximate surface area is 154 Å². The van der Waals surface area contributed by atoms with Gasteiger partial charge in [-0.3, -0.25) is 20.4 Å². The number of rotatable bonds is 3. The molecule has 0 radical (unpaired) electrons. The van der Waals surface area contributed by atoms with E-state index in [0.29, 0.717) is 10.4 Å². The second-order valence-corrected chi connectivity index (χ2v) is 6.91. The maximum atomic E-state index is 13.0. The van der Waals surface area contributed by atoms with Crippen molar-refractivity contribution in [1.82, 2.24) is 10.9 Å². The Morgan fingerprint density at radius 3 is 2.31 bits per heavy atom. The molecule has 6 heteroatoms. The van der Waals surface area contributed by atoms with E-state index in [-0.39, 0.29) is 11.7 Å². The first kappa shape index (κ1) is 17.8. The number of hydrogen-bond acceptors (Lipinski definition) is 3. The molecule has 3 rings (SSSR count). The van der Waals surface area contributed by atoms with Gasteiger partial charge in [-0.1, -0.05) is 24.3 Å². The highest BCUT2D eigenvalue weighted by Crippen LogP contribution is 2.28. The lowest BCUT2D eigenvalue weighted by atomic mass is 10.0. The molecule has 0 aliphatic heterocycles. The normalized spacial score (nSPS) is 10.4. The molecule has 0 spiro atoms. The summed E-state index contributed by atoms with van der Waals surface area (Å²) in [5, 5.41) is 0. The van der Waals surface area contributed by atoms with Crippen molar-refractivity contribution in [2.45, 2.75) is 13.8 Å². The first-order chi connectivity index (χ1) is 12.5. The van der Waals surface area contributed by atoms with Crippen LogP contribution in [0.5, 0.6) is 0 Å². The lowest BCUT2D eigenvalue weighted by molar-refractivity contribution is 0.0848. The summed E-state index contributed by atoms with van der Waals surface area (Å²) >= 11 is 1.27. The fourth-order valence-corrected chi connectivity index (χ4v) is 3.38. The van der Waals surface area contributed by atoms with Gasteiger partial charge in [0.1, 0.15) is 5.82 Å². The van der Waals surface area contributed by atoms with Gasteiger partial charge in [-0.05, 0) is 60.9 Å². The topological polar surface area (TPSA) is 58.2 Å². The number of carbonyl (C=O) groups is 2. The molecule has 2 N–H and O–H groups in total. The Kier molecular flexibility index (Phi) is 5.14. The Morgan fingerprint density at radius 1 is 0.885 bits per heavy atom. The lowest BCUT2D eigenvalue weighted by Gasteiger charge is -2.10. The van der Waals surface area contributed by atoms with E-state index in [1.807, 2.05) is 19.9 Å².